The number of thiazole rings is 1. The number of aromatic nitrogens is 1. The van der Waals surface area contributed by atoms with Crippen LogP contribution in [-0.2, 0) is 11.4 Å². The summed E-state index contributed by atoms with van der Waals surface area (Å²) in [4.78, 5) is 18.8. The van der Waals surface area contributed by atoms with Gasteiger partial charge in [0.1, 0.15) is 18.1 Å². The molecule has 1 heterocycles. The Kier molecular flexibility index (Phi) is 8.41. The maximum Gasteiger partial charge on any atom is 0.251 e. The Balaban J connectivity index is 1.63. The number of nitriles is 1. The molecule has 32 heavy (non-hydrogen) atoms. The molecule has 0 saturated carbocycles. The zero-order valence-corrected chi connectivity index (χ0v) is 19.0. The van der Waals surface area contributed by atoms with E-state index in [1.807, 2.05) is 67.8 Å². The maximum atomic E-state index is 12.8. The minimum atomic E-state index is -0.191. The summed E-state index contributed by atoms with van der Waals surface area (Å²) in [6, 6.07) is 16.9. The highest BCUT2D eigenvalue weighted by Crippen LogP contribution is 2.21. The van der Waals surface area contributed by atoms with Crippen LogP contribution in [0.2, 0.25) is 0 Å². The van der Waals surface area contributed by atoms with E-state index in [-0.39, 0.29) is 12.3 Å². The Morgan fingerprint density at radius 1 is 1.12 bits per heavy atom. The summed E-state index contributed by atoms with van der Waals surface area (Å²) >= 11 is 1.60. The first kappa shape index (κ1) is 23.0. The summed E-state index contributed by atoms with van der Waals surface area (Å²) in [6.07, 6.45) is 3.52. The number of nitrogens with zero attached hydrogens (tertiary/aromatic N) is 3. The summed E-state index contributed by atoms with van der Waals surface area (Å²) in [5.41, 5.74) is 2.51. The first-order valence-electron chi connectivity index (χ1n) is 10.3. The summed E-state index contributed by atoms with van der Waals surface area (Å²) in [6.45, 7) is 5.20. The molecule has 0 atom stereocenters. The molecule has 0 aliphatic rings. The third-order valence-corrected chi connectivity index (χ3v) is 5.35. The van der Waals surface area contributed by atoms with E-state index < -0.39 is 0 Å². The molecule has 164 valence electrons. The topological polar surface area (TPSA) is 75.5 Å². The molecule has 0 bridgehead atoms. The van der Waals surface area contributed by atoms with Crippen molar-refractivity contribution in [1.29, 1.82) is 5.26 Å². The molecule has 0 spiro atoms. The second-order valence-corrected chi connectivity index (χ2v) is 7.94. The zero-order valence-electron chi connectivity index (χ0n) is 18.2. The Bertz CT molecular complexity index is 1080. The van der Waals surface area contributed by atoms with E-state index in [0.29, 0.717) is 19.8 Å². The Labute approximate surface area is 192 Å². The molecule has 6 nitrogen and oxygen atoms in total. The van der Waals surface area contributed by atoms with E-state index in [4.69, 9.17) is 14.7 Å². The van der Waals surface area contributed by atoms with Gasteiger partial charge in [-0.2, -0.15) is 5.26 Å². The van der Waals surface area contributed by atoms with Crippen LogP contribution in [0.15, 0.2) is 60.0 Å². The number of carbonyl (C=O) groups is 1. The van der Waals surface area contributed by atoms with Gasteiger partial charge in [-0.3, -0.25) is 4.79 Å². The third kappa shape index (κ3) is 6.69. The van der Waals surface area contributed by atoms with Gasteiger partial charge >= 0.3 is 0 Å². The molecule has 2 aromatic carbocycles. The SMILES string of the molecule is CCOc1ccc(N(CCC#N)C(=O)/C=C/c2ccc(OCc3csc(C)n3)cc2)cc1. The van der Waals surface area contributed by atoms with Crippen LogP contribution < -0.4 is 14.4 Å². The first-order chi connectivity index (χ1) is 15.6. The van der Waals surface area contributed by atoms with Crippen molar-refractivity contribution in [2.24, 2.45) is 0 Å². The van der Waals surface area contributed by atoms with Gasteiger partial charge in [0, 0.05) is 23.7 Å². The van der Waals surface area contributed by atoms with E-state index in [2.05, 4.69) is 11.1 Å². The number of anilines is 1. The van der Waals surface area contributed by atoms with Gasteiger partial charge in [0.25, 0.3) is 5.91 Å². The van der Waals surface area contributed by atoms with E-state index in [9.17, 15) is 4.79 Å². The summed E-state index contributed by atoms with van der Waals surface area (Å²) in [5, 5.41) is 12.0. The van der Waals surface area contributed by atoms with Gasteiger partial charge < -0.3 is 14.4 Å². The van der Waals surface area contributed by atoms with Gasteiger partial charge in [-0.15, -0.1) is 11.3 Å². The summed E-state index contributed by atoms with van der Waals surface area (Å²) in [5.74, 6) is 1.29. The molecule has 7 heteroatoms. The van der Waals surface area contributed by atoms with E-state index in [1.165, 1.54) is 6.08 Å². The highest BCUT2D eigenvalue weighted by Gasteiger charge is 2.13. The first-order valence-corrected chi connectivity index (χ1v) is 11.2. The average Bonchev–Trinajstić information content (AvgIpc) is 3.23. The summed E-state index contributed by atoms with van der Waals surface area (Å²) in [7, 11) is 0. The van der Waals surface area contributed by atoms with Crippen molar-refractivity contribution in [3.05, 3.63) is 76.3 Å². The summed E-state index contributed by atoms with van der Waals surface area (Å²) < 4.78 is 11.2. The van der Waals surface area contributed by atoms with Gasteiger partial charge in [0.2, 0.25) is 0 Å². The average molecular weight is 448 g/mol. The van der Waals surface area contributed by atoms with Crippen LogP contribution in [0.3, 0.4) is 0 Å². The molecule has 0 radical (unpaired) electrons. The fourth-order valence-electron chi connectivity index (χ4n) is 2.98. The molecule has 0 N–H and O–H groups in total. The molecule has 0 aliphatic carbocycles. The lowest BCUT2D eigenvalue weighted by atomic mass is 10.2. The number of carbonyl (C=O) groups excluding carboxylic acids is 1. The van der Waals surface area contributed by atoms with Crippen LogP contribution >= 0.6 is 11.3 Å². The zero-order chi connectivity index (χ0) is 22.8. The molecule has 0 fully saturated rings. The second-order valence-electron chi connectivity index (χ2n) is 6.87. The predicted molar refractivity (Wildman–Crippen MR) is 127 cm³/mol. The lowest BCUT2D eigenvalue weighted by Gasteiger charge is -2.20. The number of amides is 1. The van der Waals surface area contributed by atoms with E-state index in [1.54, 1.807) is 22.3 Å². The Hall–Kier alpha value is -3.63. The van der Waals surface area contributed by atoms with Crippen LogP contribution in [0, 0.1) is 18.3 Å². The Morgan fingerprint density at radius 2 is 1.81 bits per heavy atom. The van der Waals surface area contributed by atoms with E-state index in [0.717, 1.165) is 33.5 Å². The van der Waals surface area contributed by atoms with Gasteiger partial charge in [0.15, 0.2) is 0 Å². The second kappa shape index (κ2) is 11.7. The van der Waals surface area contributed by atoms with Crippen molar-refractivity contribution in [2.75, 3.05) is 18.1 Å². The molecule has 1 aromatic heterocycles. The minimum absolute atomic E-state index is 0.191. The molecular weight excluding hydrogens is 422 g/mol. The normalized spacial score (nSPS) is 10.7. The predicted octanol–water partition coefficient (Wildman–Crippen LogP) is 5.39. The van der Waals surface area contributed by atoms with Gasteiger partial charge in [-0.05, 0) is 61.9 Å². The molecule has 1 amide bonds. The van der Waals surface area contributed by atoms with Crippen LogP contribution in [-0.4, -0.2) is 24.0 Å². The van der Waals surface area contributed by atoms with Crippen LogP contribution in [0.4, 0.5) is 5.69 Å². The lowest BCUT2D eigenvalue weighted by molar-refractivity contribution is -0.114. The van der Waals surface area contributed by atoms with Crippen molar-refractivity contribution in [1.82, 2.24) is 4.98 Å². The van der Waals surface area contributed by atoms with Gasteiger partial charge in [-0.1, -0.05) is 12.1 Å². The number of aryl methyl sites for hydroxylation is 1. The monoisotopic (exact) mass is 447 g/mol. The van der Waals surface area contributed by atoms with Gasteiger partial charge in [-0.25, -0.2) is 4.98 Å². The lowest BCUT2D eigenvalue weighted by Crippen LogP contribution is -2.30. The minimum Gasteiger partial charge on any atom is -0.494 e. The van der Waals surface area contributed by atoms with E-state index >= 15 is 0 Å². The molecule has 0 saturated heterocycles. The number of rotatable bonds is 10. The van der Waals surface area contributed by atoms with Crippen molar-refractivity contribution < 1.29 is 14.3 Å². The number of hydrogen-bond acceptors (Lipinski definition) is 6. The van der Waals surface area contributed by atoms with Crippen molar-refractivity contribution >= 4 is 29.0 Å². The fraction of sp³-hybridized carbons (Fsp3) is 0.240. The van der Waals surface area contributed by atoms with Crippen LogP contribution in [0.1, 0.15) is 29.6 Å². The smallest absolute Gasteiger partial charge is 0.251 e. The molecule has 0 unspecified atom stereocenters. The van der Waals surface area contributed by atoms with Crippen molar-refractivity contribution in [2.45, 2.75) is 26.9 Å². The quantitative estimate of drug-likeness (QED) is 0.390. The third-order valence-electron chi connectivity index (χ3n) is 4.52. The molecular formula is C25H25N3O3S. The highest BCUT2D eigenvalue weighted by atomic mass is 32.1. The van der Waals surface area contributed by atoms with Gasteiger partial charge in [0.05, 0.1) is 29.8 Å². The molecule has 3 rings (SSSR count). The molecule has 3 aromatic rings. The largest absolute Gasteiger partial charge is 0.494 e. The highest BCUT2D eigenvalue weighted by molar-refractivity contribution is 7.09. The van der Waals surface area contributed by atoms with Crippen molar-refractivity contribution in [3.63, 3.8) is 0 Å². The fourth-order valence-corrected chi connectivity index (χ4v) is 3.58. The van der Waals surface area contributed by atoms with Crippen LogP contribution in [0.5, 0.6) is 11.5 Å². The van der Waals surface area contributed by atoms with Crippen LogP contribution in [0.25, 0.3) is 6.08 Å². The van der Waals surface area contributed by atoms with Crippen molar-refractivity contribution in [3.8, 4) is 17.6 Å². The maximum absolute atomic E-state index is 12.8. The standard InChI is InChI=1S/C25H25N3O3S/c1-3-30-23-12-8-22(9-13-23)28(16-4-15-26)25(29)14-7-20-5-10-24(11-6-20)31-17-21-18-32-19(2)27-21/h5-14,18H,3-4,16-17H2,1-2H3/b14-7+. The Morgan fingerprint density at radius 3 is 2.44 bits per heavy atom. The number of hydrogen-bond donors (Lipinski definition) is 0. The molecule has 0 aliphatic heterocycles. The number of benzene rings is 2. The number of ether oxygens (including phenoxy) is 2.